The van der Waals surface area contributed by atoms with E-state index < -0.39 is 11.6 Å². The number of H-pyrrole nitrogens is 1. The molecule has 7 nitrogen and oxygen atoms in total. The number of nitrogens with one attached hydrogen (secondary N) is 2. The minimum Gasteiger partial charge on any atom is -0.350 e. The Labute approximate surface area is 162 Å². The van der Waals surface area contributed by atoms with Gasteiger partial charge in [0.2, 0.25) is 5.95 Å². The second kappa shape index (κ2) is 6.86. The first kappa shape index (κ1) is 17.1. The minimum absolute atomic E-state index is 0.0541. The molecule has 0 bridgehead atoms. The Morgan fingerprint density at radius 2 is 1.83 bits per heavy atom. The van der Waals surface area contributed by atoms with Crippen LogP contribution in [0.2, 0.25) is 0 Å². The molecule has 0 amide bonds. The lowest BCUT2D eigenvalue weighted by Gasteiger charge is -2.08. The van der Waals surface area contributed by atoms with Gasteiger partial charge in [-0.25, -0.2) is 28.7 Å². The van der Waals surface area contributed by atoms with Gasteiger partial charge in [0.05, 0.1) is 22.8 Å². The second-order valence-corrected chi connectivity index (χ2v) is 6.38. The summed E-state index contributed by atoms with van der Waals surface area (Å²) >= 11 is 0. The van der Waals surface area contributed by atoms with Crippen molar-refractivity contribution in [2.75, 3.05) is 5.32 Å². The summed E-state index contributed by atoms with van der Waals surface area (Å²) in [5, 5.41) is 11.3. The molecule has 29 heavy (non-hydrogen) atoms. The van der Waals surface area contributed by atoms with Crippen LogP contribution < -0.4 is 5.32 Å². The number of fused-ring (bicyclic) bond motifs is 2. The first-order valence-electron chi connectivity index (χ1n) is 8.77. The number of hydrogen-bond acceptors (Lipinski definition) is 6. The number of anilines is 1. The molecule has 0 radical (unpaired) electrons. The van der Waals surface area contributed by atoms with Gasteiger partial charge in [0, 0.05) is 29.3 Å². The van der Waals surface area contributed by atoms with Crippen molar-refractivity contribution in [3.8, 4) is 11.3 Å². The first-order chi connectivity index (χ1) is 14.2. The Hall–Kier alpha value is -4.01. The van der Waals surface area contributed by atoms with Crippen molar-refractivity contribution in [3.05, 3.63) is 72.3 Å². The summed E-state index contributed by atoms with van der Waals surface area (Å²) in [7, 11) is 0. The van der Waals surface area contributed by atoms with Crippen LogP contribution in [0.25, 0.3) is 33.2 Å². The van der Waals surface area contributed by atoms with Crippen molar-refractivity contribution in [1.29, 1.82) is 0 Å². The van der Waals surface area contributed by atoms with Gasteiger partial charge in [-0.15, -0.1) is 0 Å². The molecule has 3 aromatic heterocycles. The number of aromatic nitrogens is 6. The van der Waals surface area contributed by atoms with E-state index in [2.05, 4.69) is 35.5 Å². The molecule has 0 aliphatic carbocycles. The Balaban J connectivity index is 1.45. The summed E-state index contributed by atoms with van der Waals surface area (Å²) < 4.78 is 27.5. The zero-order valence-electron chi connectivity index (χ0n) is 14.9. The van der Waals surface area contributed by atoms with Gasteiger partial charge in [-0.05, 0) is 24.3 Å². The van der Waals surface area contributed by atoms with Gasteiger partial charge < -0.3 is 5.32 Å². The molecule has 0 saturated heterocycles. The largest absolute Gasteiger partial charge is 0.350 e. The topological polar surface area (TPSA) is 92.3 Å². The zero-order valence-corrected chi connectivity index (χ0v) is 14.9. The summed E-state index contributed by atoms with van der Waals surface area (Å²) in [5.74, 6) is -0.941. The Bertz CT molecular complexity index is 1330. The quantitative estimate of drug-likeness (QED) is 0.485. The molecule has 5 rings (SSSR count). The van der Waals surface area contributed by atoms with Gasteiger partial charge in [-0.1, -0.05) is 12.1 Å². The Kier molecular flexibility index (Phi) is 4.05. The molecule has 0 saturated carbocycles. The Morgan fingerprint density at radius 3 is 2.69 bits per heavy atom. The summed E-state index contributed by atoms with van der Waals surface area (Å²) in [6.45, 7) is -0.0541. The maximum absolute atomic E-state index is 13.8. The molecule has 0 aliphatic rings. The first-order valence-corrected chi connectivity index (χ1v) is 8.77. The van der Waals surface area contributed by atoms with Crippen molar-refractivity contribution in [2.24, 2.45) is 0 Å². The van der Waals surface area contributed by atoms with E-state index >= 15 is 0 Å². The maximum atomic E-state index is 13.8. The molecule has 5 aromatic rings. The lowest BCUT2D eigenvalue weighted by Crippen LogP contribution is -2.07. The summed E-state index contributed by atoms with van der Waals surface area (Å²) in [4.78, 5) is 17.2. The molecular weight excluding hydrogens is 376 g/mol. The van der Waals surface area contributed by atoms with Crippen molar-refractivity contribution in [2.45, 2.75) is 6.54 Å². The van der Waals surface area contributed by atoms with Gasteiger partial charge in [0.1, 0.15) is 18.0 Å². The van der Waals surface area contributed by atoms with Gasteiger partial charge in [0.25, 0.3) is 0 Å². The Morgan fingerprint density at radius 1 is 0.966 bits per heavy atom. The highest BCUT2D eigenvalue weighted by molar-refractivity contribution is 5.93. The molecule has 142 valence electrons. The van der Waals surface area contributed by atoms with E-state index in [1.165, 1.54) is 24.5 Å². The van der Waals surface area contributed by atoms with E-state index in [4.69, 9.17) is 0 Å². The molecule has 3 heterocycles. The normalized spacial score (nSPS) is 11.2. The van der Waals surface area contributed by atoms with Crippen molar-refractivity contribution < 1.29 is 8.78 Å². The van der Waals surface area contributed by atoms with Gasteiger partial charge in [-0.2, -0.15) is 5.10 Å². The third kappa shape index (κ3) is 3.12. The van der Waals surface area contributed by atoms with Crippen LogP contribution >= 0.6 is 0 Å². The van der Waals surface area contributed by atoms with Crippen LogP contribution in [0.4, 0.5) is 14.7 Å². The fraction of sp³-hybridized carbons (Fsp3) is 0.0500. The fourth-order valence-electron chi connectivity index (χ4n) is 3.13. The highest BCUT2D eigenvalue weighted by Gasteiger charge is 2.11. The fourth-order valence-corrected chi connectivity index (χ4v) is 3.13. The van der Waals surface area contributed by atoms with Gasteiger partial charge >= 0.3 is 0 Å². The second-order valence-electron chi connectivity index (χ2n) is 6.38. The van der Waals surface area contributed by atoms with Crippen LogP contribution in [0.1, 0.15) is 5.56 Å². The smallest absolute Gasteiger partial charge is 0.223 e. The highest BCUT2D eigenvalue weighted by atomic mass is 19.1. The van der Waals surface area contributed by atoms with Crippen LogP contribution in [0, 0.1) is 11.6 Å². The third-order valence-electron chi connectivity index (χ3n) is 4.59. The van der Waals surface area contributed by atoms with E-state index in [1.54, 1.807) is 12.4 Å². The maximum Gasteiger partial charge on any atom is 0.223 e. The van der Waals surface area contributed by atoms with E-state index in [0.29, 0.717) is 11.2 Å². The molecule has 0 aliphatic heterocycles. The average molecular weight is 389 g/mol. The van der Waals surface area contributed by atoms with E-state index in [0.717, 1.165) is 22.0 Å². The molecule has 0 fully saturated rings. The van der Waals surface area contributed by atoms with Gasteiger partial charge in [0.15, 0.2) is 5.65 Å². The van der Waals surface area contributed by atoms with Crippen molar-refractivity contribution in [3.63, 3.8) is 0 Å². The third-order valence-corrected chi connectivity index (χ3v) is 4.59. The zero-order chi connectivity index (χ0) is 19.8. The summed E-state index contributed by atoms with van der Waals surface area (Å²) in [6, 6.07) is 9.41. The van der Waals surface area contributed by atoms with Crippen LogP contribution in [-0.2, 0) is 6.54 Å². The summed E-state index contributed by atoms with van der Waals surface area (Å²) in [6.07, 6.45) is 4.81. The number of halogens is 2. The standard InChI is InChI=1S/C20H13F2N7/c21-15-2-1-3-16(22)13(15)8-24-20-23-7-12-6-11(4-5-17(12)28-20)18-14-9-27-29-19(14)26-10-25-18/h1-7,9-10H,8H2,(H,23,24,28)(H,25,26,27,29). The number of nitrogens with zero attached hydrogens (tertiary/aromatic N) is 5. The van der Waals surface area contributed by atoms with Crippen LogP contribution in [-0.4, -0.2) is 30.1 Å². The number of rotatable bonds is 4. The predicted molar refractivity (Wildman–Crippen MR) is 104 cm³/mol. The lowest BCUT2D eigenvalue weighted by atomic mass is 10.1. The lowest BCUT2D eigenvalue weighted by molar-refractivity contribution is 0.559. The average Bonchev–Trinajstić information content (AvgIpc) is 3.22. The van der Waals surface area contributed by atoms with Crippen molar-refractivity contribution >= 4 is 27.9 Å². The molecule has 0 unspecified atom stereocenters. The summed E-state index contributed by atoms with van der Waals surface area (Å²) in [5.41, 5.74) is 2.93. The monoisotopic (exact) mass is 389 g/mol. The molecule has 2 N–H and O–H groups in total. The van der Waals surface area contributed by atoms with Crippen LogP contribution in [0.3, 0.4) is 0 Å². The van der Waals surface area contributed by atoms with E-state index in [-0.39, 0.29) is 18.1 Å². The number of benzene rings is 2. The number of hydrogen-bond donors (Lipinski definition) is 2. The SMILES string of the molecule is Fc1cccc(F)c1CNc1ncc2cc(-c3ncnc4[nH]ncc34)ccc2n1. The van der Waals surface area contributed by atoms with Crippen LogP contribution in [0.15, 0.2) is 55.1 Å². The molecule has 0 atom stereocenters. The molecule has 2 aromatic carbocycles. The van der Waals surface area contributed by atoms with E-state index in [9.17, 15) is 8.78 Å². The highest BCUT2D eigenvalue weighted by Crippen LogP contribution is 2.27. The predicted octanol–water partition coefficient (Wildman–Crippen LogP) is 3.85. The van der Waals surface area contributed by atoms with Gasteiger partial charge in [-0.3, -0.25) is 5.10 Å². The molecule has 9 heteroatoms. The van der Waals surface area contributed by atoms with E-state index in [1.807, 2.05) is 18.2 Å². The molecule has 0 spiro atoms. The molecular formula is C20H13F2N7. The number of aromatic amines is 1. The van der Waals surface area contributed by atoms with Crippen molar-refractivity contribution in [1.82, 2.24) is 30.1 Å². The minimum atomic E-state index is -0.613. The van der Waals surface area contributed by atoms with Crippen LogP contribution in [0.5, 0.6) is 0 Å².